The smallest absolute Gasteiger partial charge is 0.341 e. The molecule has 0 bridgehead atoms. The molecule has 1 fully saturated rings. The molecule has 10 nitrogen and oxygen atoms in total. The topological polar surface area (TPSA) is 131 Å². The molecule has 3 amide bonds. The van der Waals surface area contributed by atoms with E-state index in [1.807, 2.05) is 0 Å². The van der Waals surface area contributed by atoms with Gasteiger partial charge in [0, 0.05) is 5.69 Å². The molecule has 0 unspecified atom stereocenters. The number of thioether (sulfide) groups is 1. The van der Waals surface area contributed by atoms with Gasteiger partial charge >= 0.3 is 5.97 Å². The van der Waals surface area contributed by atoms with Gasteiger partial charge in [-0.1, -0.05) is 17.7 Å². The molecule has 1 aliphatic rings. The van der Waals surface area contributed by atoms with E-state index in [2.05, 4.69) is 5.32 Å². The van der Waals surface area contributed by atoms with Crippen LogP contribution < -0.4 is 19.5 Å². The van der Waals surface area contributed by atoms with E-state index in [1.165, 1.54) is 38.5 Å². The number of nitrogens with zero attached hydrogens (tertiary/aromatic N) is 1. The SMILES string of the molecule is COc1ccc(NC(=O)CN2C(=O)S/C(=C/c3ccc(OCC(=O)O)c(OC)c3)C2=O)cc1Cl. The van der Waals surface area contributed by atoms with Crippen LogP contribution in [-0.2, 0) is 14.4 Å². The maximum Gasteiger partial charge on any atom is 0.341 e. The van der Waals surface area contributed by atoms with Crippen molar-refractivity contribution in [3.05, 3.63) is 51.9 Å². The van der Waals surface area contributed by atoms with Gasteiger partial charge in [-0.25, -0.2) is 4.79 Å². The fraction of sp³-hybridized carbons (Fsp3) is 0.182. The Balaban J connectivity index is 1.69. The zero-order valence-electron chi connectivity index (χ0n) is 18.0. The molecule has 2 aromatic rings. The number of carbonyl (C=O) groups is 4. The molecule has 0 radical (unpaired) electrons. The number of hydrogen-bond acceptors (Lipinski definition) is 8. The number of benzene rings is 2. The van der Waals surface area contributed by atoms with Gasteiger partial charge in [-0.15, -0.1) is 0 Å². The van der Waals surface area contributed by atoms with Crippen molar-refractivity contribution >= 4 is 58.1 Å². The highest BCUT2D eigenvalue weighted by Gasteiger charge is 2.36. The number of carboxylic acids is 1. The zero-order valence-corrected chi connectivity index (χ0v) is 19.6. The number of carboxylic acid groups (broad SMARTS) is 1. The molecule has 12 heteroatoms. The lowest BCUT2D eigenvalue weighted by molar-refractivity contribution is -0.139. The summed E-state index contributed by atoms with van der Waals surface area (Å²) in [5.41, 5.74) is 0.901. The summed E-state index contributed by atoms with van der Waals surface area (Å²) in [5.74, 6) is -1.43. The zero-order chi connectivity index (χ0) is 24.8. The van der Waals surface area contributed by atoms with E-state index in [4.69, 9.17) is 30.9 Å². The molecule has 1 saturated heterocycles. The van der Waals surface area contributed by atoms with Crippen molar-refractivity contribution in [1.82, 2.24) is 4.90 Å². The summed E-state index contributed by atoms with van der Waals surface area (Å²) in [7, 11) is 2.85. The van der Waals surface area contributed by atoms with Crippen LogP contribution in [0.4, 0.5) is 10.5 Å². The van der Waals surface area contributed by atoms with Crippen LogP contribution >= 0.6 is 23.4 Å². The first-order chi connectivity index (χ1) is 16.2. The molecule has 0 atom stereocenters. The van der Waals surface area contributed by atoms with E-state index in [0.717, 1.165) is 4.90 Å². The predicted octanol–water partition coefficient (Wildman–Crippen LogP) is 3.50. The molecule has 3 rings (SSSR count). The average Bonchev–Trinajstić information content (AvgIpc) is 3.05. The van der Waals surface area contributed by atoms with Crippen molar-refractivity contribution in [2.75, 3.05) is 32.7 Å². The van der Waals surface area contributed by atoms with E-state index >= 15 is 0 Å². The van der Waals surface area contributed by atoms with Gasteiger partial charge in [0.1, 0.15) is 12.3 Å². The Morgan fingerprint density at radius 2 is 1.79 bits per heavy atom. The van der Waals surface area contributed by atoms with Crippen LogP contribution in [0, 0.1) is 0 Å². The Kier molecular flexibility index (Phi) is 8.03. The number of imide groups is 1. The first kappa shape index (κ1) is 24.9. The fourth-order valence-corrected chi connectivity index (χ4v) is 4.00. The molecule has 34 heavy (non-hydrogen) atoms. The molecule has 0 aliphatic carbocycles. The predicted molar refractivity (Wildman–Crippen MR) is 125 cm³/mol. The lowest BCUT2D eigenvalue weighted by Crippen LogP contribution is -2.36. The maximum absolute atomic E-state index is 12.7. The second kappa shape index (κ2) is 10.9. The lowest BCUT2D eigenvalue weighted by atomic mass is 10.2. The minimum absolute atomic E-state index is 0.117. The first-order valence-corrected chi connectivity index (χ1v) is 10.8. The Hall–Kier alpha value is -3.70. The quantitative estimate of drug-likeness (QED) is 0.490. The number of methoxy groups -OCH3 is 2. The van der Waals surface area contributed by atoms with Crippen LogP contribution in [0.3, 0.4) is 0 Å². The van der Waals surface area contributed by atoms with Gasteiger partial charge in [0.05, 0.1) is 24.1 Å². The number of anilines is 1. The summed E-state index contributed by atoms with van der Waals surface area (Å²) in [6.07, 6.45) is 1.47. The minimum Gasteiger partial charge on any atom is -0.495 e. The van der Waals surface area contributed by atoms with Crippen molar-refractivity contribution in [3.8, 4) is 17.2 Å². The molecule has 178 valence electrons. The highest BCUT2D eigenvalue weighted by molar-refractivity contribution is 8.18. The third kappa shape index (κ3) is 6.00. The van der Waals surface area contributed by atoms with E-state index in [-0.39, 0.29) is 16.4 Å². The van der Waals surface area contributed by atoms with Crippen molar-refractivity contribution in [2.24, 2.45) is 0 Å². The fourth-order valence-electron chi connectivity index (χ4n) is 2.91. The number of halogens is 1. The number of aliphatic carboxylic acids is 1. The monoisotopic (exact) mass is 506 g/mol. The Morgan fingerprint density at radius 3 is 2.44 bits per heavy atom. The summed E-state index contributed by atoms with van der Waals surface area (Å²) < 4.78 is 15.4. The van der Waals surface area contributed by atoms with Crippen LogP contribution in [0.2, 0.25) is 5.02 Å². The third-order valence-corrected chi connectivity index (χ3v) is 5.65. The lowest BCUT2D eigenvalue weighted by Gasteiger charge is -2.13. The number of rotatable bonds is 9. The second-order valence-electron chi connectivity index (χ2n) is 6.76. The number of amides is 3. The van der Waals surface area contributed by atoms with E-state index in [0.29, 0.717) is 33.8 Å². The summed E-state index contributed by atoms with van der Waals surface area (Å²) in [6, 6.07) is 9.24. The molecule has 0 aromatic heterocycles. The molecular weight excluding hydrogens is 488 g/mol. The maximum atomic E-state index is 12.7. The number of nitrogens with one attached hydrogen (secondary N) is 1. The number of ether oxygens (including phenoxy) is 3. The molecule has 0 saturated carbocycles. The van der Waals surface area contributed by atoms with Crippen LogP contribution in [-0.4, -0.2) is 60.4 Å². The largest absolute Gasteiger partial charge is 0.495 e. The third-order valence-electron chi connectivity index (χ3n) is 4.45. The van der Waals surface area contributed by atoms with Crippen LogP contribution in [0.5, 0.6) is 17.2 Å². The van der Waals surface area contributed by atoms with Crippen molar-refractivity contribution in [3.63, 3.8) is 0 Å². The van der Waals surface area contributed by atoms with Crippen molar-refractivity contribution < 1.29 is 38.5 Å². The van der Waals surface area contributed by atoms with Crippen molar-refractivity contribution in [2.45, 2.75) is 0 Å². The van der Waals surface area contributed by atoms with E-state index < -0.39 is 36.2 Å². The molecule has 2 N–H and O–H groups in total. The van der Waals surface area contributed by atoms with Gasteiger partial charge in [0.15, 0.2) is 18.1 Å². The Labute approximate surface area is 203 Å². The Bertz CT molecular complexity index is 1180. The molecule has 1 heterocycles. The molecule has 0 spiro atoms. The van der Waals surface area contributed by atoms with Crippen LogP contribution in [0.15, 0.2) is 41.3 Å². The van der Waals surface area contributed by atoms with Gasteiger partial charge in [-0.2, -0.15) is 0 Å². The molecule has 2 aromatic carbocycles. The average molecular weight is 507 g/mol. The molecule has 1 aliphatic heterocycles. The van der Waals surface area contributed by atoms with Crippen LogP contribution in [0.25, 0.3) is 6.08 Å². The summed E-state index contributed by atoms with van der Waals surface area (Å²) >= 11 is 6.74. The highest BCUT2D eigenvalue weighted by atomic mass is 35.5. The summed E-state index contributed by atoms with van der Waals surface area (Å²) in [6.45, 7) is -1.02. The van der Waals surface area contributed by atoms with Gasteiger partial charge in [0.2, 0.25) is 5.91 Å². The van der Waals surface area contributed by atoms with Crippen LogP contribution in [0.1, 0.15) is 5.56 Å². The van der Waals surface area contributed by atoms with E-state index in [1.54, 1.807) is 18.2 Å². The van der Waals surface area contributed by atoms with E-state index in [9.17, 15) is 19.2 Å². The van der Waals surface area contributed by atoms with Crippen molar-refractivity contribution in [1.29, 1.82) is 0 Å². The van der Waals surface area contributed by atoms with Gasteiger partial charge in [-0.05, 0) is 53.7 Å². The highest BCUT2D eigenvalue weighted by Crippen LogP contribution is 2.34. The normalized spacial score (nSPS) is 14.3. The molecular formula is C22H19ClN2O8S. The van der Waals surface area contributed by atoms with Gasteiger partial charge < -0.3 is 24.6 Å². The van der Waals surface area contributed by atoms with Gasteiger partial charge in [0.25, 0.3) is 11.1 Å². The summed E-state index contributed by atoms with van der Waals surface area (Å²) in [5, 5.41) is 11.0. The Morgan fingerprint density at radius 1 is 1.09 bits per heavy atom. The number of hydrogen-bond donors (Lipinski definition) is 2. The first-order valence-electron chi connectivity index (χ1n) is 9.63. The minimum atomic E-state index is -1.14. The summed E-state index contributed by atoms with van der Waals surface area (Å²) in [4.78, 5) is 49.1. The standard InChI is InChI=1S/C22H19ClN2O8S/c1-31-15-6-4-13(9-14(15)23)24-19(26)10-25-21(29)18(34-22(25)30)8-12-3-5-16(17(7-12)32-2)33-11-20(27)28/h3-9H,10-11H2,1-2H3,(H,24,26)(H,27,28)/b18-8+. The van der Waals surface area contributed by atoms with Gasteiger partial charge in [-0.3, -0.25) is 19.3 Å². The number of carbonyl (C=O) groups excluding carboxylic acids is 3. The second-order valence-corrected chi connectivity index (χ2v) is 8.16.